The van der Waals surface area contributed by atoms with Crippen LogP contribution >= 0.6 is 0 Å². The summed E-state index contributed by atoms with van der Waals surface area (Å²) in [6.07, 6.45) is 3.89. The van der Waals surface area contributed by atoms with Crippen molar-refractivity contribution >= 4 is 5.91 Å². The Morgan fingerprint density at radius 1 is 1.33 bits per heavy atom. The van der Waals surface area contributed by atoms with Crippen LogP contribution in [-0.2, 0) is 0 Å². The standard InChI is InChI=1S/C19H29N3O2/c1-14-6-7-18(24-10-8-20)17(11-14)19(23)21-12-16(13-21)22-9-4-3-5-15(22)2/h6-7,11,15-16H,3-5,8-10,12-13,20H2,1-2H3/t15-/m1/s1. The van der Waals surface area contributed by atoms with Gasteiger partial charge in [0, 0.05) is 31.7 Å². The van der Waals surface area contributed by atoms with Gasteiger partial charge in [0.1, 0.15) is 12.4 Å². The highest BCUT2D eigenvalue weighted by atomic mass is 16.5. The van der Waals surface area contributed by atoms with Crippen LogP contribution in [0, 0.1) is 6.92 Å². The van der Waals surface area contributed by atoms with Gasteiger partial charge in [0.15, 0.2) is 0 Å². The molecule has 1 amide bonds. The van der Waals surface area contributed by atoms with Crippen LogP contribution < -0.4 is 10.5 Å². The van der Waals surface area contributed by atoms with E-state index in [0.717, 1.165) is 18.7 Å². The van der Waals surface area contributed by atoms with Crippen LogP contribution in [0.15, 0.2) is 18.2 Å². The molecule has 0 bridgehead atoms. The largest absolute Gasteiger partial charge is 0.491 e. The first-order valence-corrected chi connectivity index (χ1v) is 9.08. The van der Waals surface area contributed by atoms with Gasteiger partial charge in [0.05, 0.1) is 5.56 Å². The van der Waals surface area contributed by atoms with E-state index in [1.165, 1.54) is 25.8 Å². The minimum atomic E-state index is 0.0756. The second-order valence-corrected chi connectivity index (χ2v) is 7.08. The number of aryl methyl sites for hydroxylation is 1. The first-order valence-electron chi connectivity index (χ1n) is 9.08. The van der Waals surface area contributed by atoms with E-state index in [-0.39, 0.29) is 5.91 Å². The molecular weight excluding hydrogens is 302 g/mol. The zero-order valence-corrected chi connectivity index (χ0v) is 14.8. The average molecular weight is 331 g/mol. The molecular formula is C19H29N3O2. The Balaban J connectivity index is 1.64. The molecule has 2 saturated heterocycles. The van der Waals surface area contributed by atoms with Crippen LogP contribution in [0.25, 0.3) is 0 Å². The molecule has 3 rings (SSSR count). The van der Waals surface area contributed by atoms with E-state index in [4.69, 9.17) is 10.5 Å². The van der Waals surface area contributed by atoms with E-state index >= 15 is 0 Å². The maximum Gasteiger partial charge on any atom is 0.257 e. The molecule has 5 heteroatoms. The van der Waals surface area contributed by atoms with Gasteiger partial charge in [-0.2, -0.15) is 0 Å². The zero-order chi connectivity index (χ0) is 17.1. The lowest BCUT2D eigenvalue weighted by Gasteiger charge is -2.49. The second-order valence-electron chi connectivity index (χ2n) is 7.08. The Hall–Kier alpha value is -1.59. The number of rotatable bonds is 5. The van der Waals surface area contributed by atoms with Crippen LogP contribution in [0.3, 0.4) is 0 Å². The molecule has 24 heavy (non-hydrogen) atoms. The quantitative estimate of drug-likeness (QED) is 0.897. The molecule has 0 radical (unpaired) electrons. The first-order chi connectivity index (χ1) is 11.6. The molecule has 1 atom stereocenters. The number of piperidine rings is 1. The van der Waals surface area contributed by atoms with Crippen molar-refractivity contribution < 1.29 is 9.53 Å². The van der Waals surface area contributed by atoms with Gasteiger partial charge in [0.25, 0.3) is 5.91 Å². The van der Waals surface area contributed by atoms with Crippen molar-refractivity contribution in [3.05, 3.63) is 29.3 Å². The number of likely N-dealkylation sites (tertiary alicyclic amines) is 2. The molecule has 0 spiro atoms. The van der Waals surface area contributed by atoms with Crippen molar-refractivity contribution in [1.82, 2.24) is 9.80 Å². The minimum Gasteiger partial charge on any atom is -0.491 e. The normalized spacial score (nSPS) is 22.3. The van der Waals surface area contributed by atoms with Crippen molar-refractivity contribution in [3.8, 4) is 5.75 Å². The van der Waals surface area contributed by atoms with Gasteiger partial charge >= 0.3 is 0 Å². The third kappa shape index (κ3) is 3.57. The van der Waals surface area contributed by atoms with Gasteiger partial charge in [0.2, 0.25) is 0 Å². The van der Waals surface area contributed by atoms with E-state index in [1.807, 2.05) is 30.0 Å². The fourth-order valence-electron chi connectivity index (χ4n) is 3.77. The van der Waals surface area contributed by atoms with Crippen LogP contribution in [0.1, 0.15) is 42.1 Å². The number of carbonyl (C=O) groups excluding carboxylic acids is 1. The Morgan fingerprint density at radius 3 is 2.83 bits per heavy atom. The Morgan fingerprint density at radius 2 is 2.12 bits per heavy atom. The fourth-order valence-corrected chi connectivity index (χ4v) is 3.77. The molecule has 0 aliphatic carbocycles. The summed E-state index contributed by atoms with van der Waals surface area (Å²) in [5, 5.41) is 0. The lowest BCUT2D eigenvalue weighted by atomic mass is 9.96. The number of nitrogens with zero attached hydrogens (tertiary/aromatic N) is 2. The van der Waals surface area contributed by atoms with E-state index < -0.39 is 0 Å². The summed E-state index contributed by atoms with van der Waals surface area (Å²) < 4.78 is 5.66. The monoisotopic (exact) mass is 331 g/mol. The van der Waals surface area contributed by atoms with Crippen LogP contribution in [0.2, 0.25) is 0 Å². The van der Waals surface area contributed by atoms with Crippen molar-refractivity contribution in [2.45, 2.75) is 45.2 Å². The molecule has 2 fully saturated rings. The number of amides is 1. The summed E-state index contributed by atoms with van der Waals surface area (Å²) in [7, 11) is 0. The number of nitrogens with two attached hydrogens (primary N) is 1. The summed E-state index contributed by atoms with van der Waals surface area (Å²) in [5.41, 5.74) is 7.25. The average Bonchev–Trinajstić information content (AvgIpc) is 2.54. The van der Waals surface area contributed by atoms with Crippen LogP contribution in [-0.4, -0.2) is 60.6 Å². The molecule has 2 heterocycles. The summed E-state index contributed by atoms with van der Waals surface area (Å²) in [4.78, 5) is 17.4. The molecule has 1 aromatic carbocycles. The van der Waals surface area contributed by atoms with Crippen molar-refractivity contribution in [2.24, 2.45) is 5.73 Å². The molecule has 2 aliphatic rings. The summed E-state index contributed by atoms with van der Waals surface area (Å²) in [6, 6.07) is 6.93. The molecule has 2 aliphatic heterocycles. The van der Waals surface area contributed by atoms with Gasteiger partial charge < -0.3 is 15.4 Å². The number of hydrogen-bond donors (Lipinski definition) is 1. The van der Waals surface area contributed by atoms with Crippen molar-refractivity contribution in [1.29, 1.82) is 0 Å². The van der Waals surface area contributed by atoms with Crippen molar-refractivity contribution in [3.63, 3.8) is 0 Å². The molecule has 0 saturated carbocycles. The van der Waals surface area contributed by atoms with Gasteiger partial charge in [-0.15, -0.1) is 0 Å². The maximum atomic E-state index is 12.9. The van der Waals surface area contributed by atoms with Crippen molar-refractivity contribution in [2.75, 3.05) is 32.8 Å². The van der Waals surface area contributed by atoms with Gasteiger partial charge in [-0.1, -0.05) is 18.1 Å². The van der Waals surface area contributed by atoms with Crippen LogP contribution in [0.5, 0.6) is 5.75 Å². The lowest BCUT2D eigenvalue weighted by molar-refractivity contribution is 0.00194. The maximum absolute atomic E-state index is 12.9. The Kier molecular flexibility index (Phi) is 5.41. The predicted molar refractivity (Wildman–Crippen MR) is 95.4 cm³/mol. The smallest absolute Gasteiger partial charge is 0.257 e. The lowest BCUT2D eigenvalue weighted by Crippen LogP contribution is -2.63. The third-order valence-corrected chi connectivity index (χ3v) is 5.21. The van der Waals surface area contributed by atoms with E-state index in [9.17, 15) is 4.79 Å². The van der Waals surface area contributed by atoms with Crippen LogP contribution in [0.4, 0.5) is 0 Å². The van der Waals surface area contributed by atoms with Gasteiger partial charge in [-0.3, -0.25) is 9.69 Å². The SMILES string of the molecule is Cc1ccc(OCCN)c(C(=O)N2CC(N3CCCC[C@H]3C)C2)c1. The second kappa shape index (κ2) is 7.53. The van der Waals surface area contributed by atoms with E-state index in [1.54, 1.807) is 0 Å². The third-order valence-electron chi connectivity index (χ3n) is 5.21. The van der Waals surface area contributed by atoms with Gasteiger partial charge in [-0.05, 0) is 45.4 Å². The Bertz CT molecular complexity index is 584. The number of carbonyl (C=O) groups is 1. The topological polar surface area (TPSA) is 58.8 Å². The summed E-state index contributed by atoms with van der Waals surface area (Å²) in [6.45, 7) is 8.00. The first kappa shape index (κ1) is 17.2. The number of benzene rings is 1. The molecule has 2 N–H and O–H groups in total. The highest BCUT2D eigenvalue weighted by molar-refractivity contribution is 5.97. The van der Waals surface area contributed by atoms with E-state index in [0.29, 0.717) is 36.5 Å². The number of ether oxygens (including phenoxy) is 1. The number of hydrogen-bond acceptors (Lipinski definition) is 4. The predicted octanol–water partition coefficient (Wildman–Crippen LogP) is 2.03. The summed E-state index contributed by atoms with van der Waals surface area (Å²) >= 11 is 0. The summed E-state index contributed by atoms with van der Waals surface area (Å²) in [5.74, 6) is 0.720. The molecule has 132 valence electrons. The highest BCUT2D eigenvalue weighted by Gasteiger charge is 2.38. The fraction of sp³-hybridized carbons (Fsp3) is 0.632. The molecule has 0 unspecified atom stereocenters. The minimum absolute atomic E-state index is 0.0756. The molecule has 1 aromatic rings. The molecule has 0 aromatic heterocycles. The van der Waals surface area contributed by atoms with E-state index in [2.05, 4.69) is 11.8 Å². The van der Waals surface area contributed by atoms with Gasteiger partial charge in [-0.25, -0.2) is 0 Å². The zero-order valence-electron chi connectivity index (χ0n) is 14.8. The highest BCUT2D eigenvalue weighted by Crippen LogP contribution is 2.28. The molecule has 5 nitrogen and oxygen atoms in total. The Labute approximate surface area is 144 Å².